The molecule has 7 heteroatoms. The highest BCUT2D eigenvalue weighted by Crippen LogP contribution is 2.19. The Balaban J connectivity index is 1.99. The van der Waals surface area contributed by atoms with Crippen LogP contribution in [0.4, 0.5) is 5.69 Å². The number of aryl methyl sites for hydroxylation is 1. The van der Waals surface area contributed by atoms with Gasteiger partial charge in [0.25, 0.3) is 15.9 Å². The van der Waals surface area contributed by atoms with Gasteiger partial charge in [-0.25, -0.2) is 8.42 Å². The van der Waals surface area contributed by atoms with E-state index in [1.54, 1.807) is 12.1 Å². The maximum absolute atomic E-state index is 12.4. The summed E-state index contributed by atoms with van der Waals surface area (Å²) in [6.07, 6.45) is 0. The molecule has 0 bridgehead atoms. The summed E-state index contributed by atoms with van der Waals surface area (Å²) in [6.45, 7) is 7.44. The zero-order chi connectivity index (χ0) is 19.4. The van der Waals surface area contributed by atoms with Crippen molar-refractivity contribution in [3.05, 3.63) is 54.1 Å². The molecule has 140 valence electrons. The SMILES string of the molecule is Cc1ccc(NS(=O)(=O)c2ccc(OCC(=O)NC(C)(C)C)cc2)cc1. The number of carbonyl (C=O) groups excluding carboxylic acids is 1. The fourth-order valence-corrected chi connectivity index (χ4v) is 3.21. The van der Waals surface area contributed by atoms with Crippen molar-refractivity contribution in [3.8, 4) is 5.75 Å². The maximum Gasteiger partial charge on any atom is 0.261 e. The van der Waals surface area contributed by atoms with Gasteiger partial charge in [0.05, 0.1) is 4.90 Å². The maximum atomic E-state index is 12.4. The third kappa shape index (κ3) is 6.07. The Bertz CT molecular complexity index is 852. The number of sulfonamides is 1. The molecule has 2 N–H and O–H groups in total. The summed E-state index contributed by atoms with van der Waals surface area (Å²) < 4.78 is 32.7. The fourth-order valence-electron chi connectivity index (χ4n) is 2.15. The van der Waals surface area contributed by atoms with Crippen molar-refractivity contribution in [2.24, 2.45) is 0 Å². The van der Waals surface area contributed by atoms with Gasteiger partial charge >= 0.3 is 0 Å². The molecule has 0 aliphatic rings. The van der Waals surface area contributed by atoms with Gasteiger partial charge in [0.15, 0.2) is 6.61 Å². The topological polar surface area (TPSA) is 84.5 Å². The number of anilines is 1. The zero-order valence-electron chi connectivity index (χ0n) is 15.4. The zero-order valence-corrected chi connectivity index (χ0v) is 16.2. The largest absolute Gasteiger partial charge is 0.484 e. The first-order chi connectivity index (χ1) is 12.0. The van der Waals surface area contributed by atoms with E-state index in [2.05, 4.69) is 10.0 Å². The van der Waals surface area contributed by atoms with Gasteiger partial charge in [-0.05, 0) is 64.1 Å². The quantitative estimate of drug-likeness (QED) is 0.811. The molecule has 0 aliphatic heterocycles. The third-order valence-corrected chi connectivity index (χ3v) is 4.72. The molecule has 0 fully saturated rings. The van der Waals surface area contributed by atoms with Gasteiger partial charge in [-0.3, -0.25) is 9.52 Å². The molecule has 2 aromatic carbocycles. The first-order valence-corrected chi connectivity index (χ1v) is 9.67. The van der Waals surface area contributed by atoms with Gasteiger partial charge in [0.2, 0.25) is 0 Å². The first kappa shape index (κ1) is 19.8. The molecule has 0 unspecified atom stereocenters. The Morgan fingerprint density at radius 3 is 2.12 bits per heavy atom. The number of amides is 1. The third-order valence-electron chi connectivity index (χ3n) is 3.32. The van der Waals surface area contributed by atoms with Crippen molar-refractivity contribution in [1.82, 2.24) is 5.32 Å². The van der Waals surface area contributed by atoms with Crippen LogP contribution in [0.5, 0.6) is 5.75 Å². The van der Waals surface area contributed by atoms with Gasteiger partial charge < -0.3 is 10.1 Å². The van der Waals surface area contributed by atoms with Crippen LogP contribution in [-0.4, -0.2) is 26.5 Å². The van der Waals surface area contributed by atoms with E-state index in [-0.39, 0.29) is 22.9 Å². The summed E-state index contributed by atoms with van der Waals surface area (Å²) in [5.41, 5.74) is 1.21. The number of benzene rings is 2. The lowest BCUT2D eigenvalue weighted by molar-refractivity contribution is -0.124. The molecule has 0 saturated carbocycles. The lowest BCUT2D eigenvalue weighted by Crippen LogP contribution is -2.43. The first-order valence-electron chi connectivity index (χ1n) is 8.18. The second-order valence-corrected chi connectivity index (χ2v) is 8.71. The summed E-state index contributed by atoms with van der Waals surface area (Å²) in [5, 5.41) is 2.79. The monoisotopic (exact) mass is 376 g/mol. The molecule has 2 aromatic rings. The van der Waals surface area contributed by atoms with Gasteiger partial charge in [0.1, 0.15) is 5.75 Å². The van der Waals surface area contributed by atoms with Gasteiger partial charge in [-0.15, -0.1) is 0 Å². The number of ether oxygens (including phenoxy) is 1. The second-order valence-electron chi connectivity index (χ2n) is 7.03. The van der Waals surface area contributed by atoms with E-state index < -0.39 is 10.0 Å². The molecule has 0 aromatic heterocycles. The van der Waals surface area contributed by atoms with Crippen molar-refractivity contribution < 1.29 is 17.9 Å². The number of nitrogens with one attached hydrogen (secondary N) is 2. The van der Waals surface area contributed by atoms with E-state index in [1.807, 2.05) is 39.8 Å². The van der Waals surface area contributed by atoms with Crippen LogP contribution < -0.4 is 14.8 Å². The van der Waals surface area contributed by atoms with Crippen LogP contribution in [0.25, 0.3) is 0 Å². The summed E-state index contributed by atoms with van der Waals surface area (Å²) in [6, 6.07) is 13.0. The molecular formula is C19H24N2O4S. The molecule has 0 radical (unpaired) electrons. The molecule has 0 atom stereocenters. The summed E-state index contributed by atoms with van der Waals surface area (Å²) in [5.74, 6) is 0.179. The van der Waals surface area contributed by atoms with E-state index in [0.717, 1.165) is 5.56 Å². The van der Waals surface area contributed by atoms with E-state index >= 15 is 0 Å². The number of hydrogen-bond donors (Lipinski definition) is 2. The van der Waals surface area contributed by atoms with E-state index in [1.165, 1.54) is 24.3 Å². The molecular weight excluding hydrogens is 352 g/mol. The van der Waals surface area contributed by atoms with Crippen LogP contribution in [0.2, 0.25) is 0 Å². The Morgan fingerprint density at radius 2 is 1.58 bits per heavy atom. The Morgan fingerprint density at radius 1 is 1.00 bits per heavy atom. The number of rotatable bonds is 6. The number of hydrogen-bond acceptors (Lipinski definition) is 4. The average Bonchev–Trinajstić information content (AvgIpc) is 2.54. The Hall–Kier alpha value is -2.54. The minimum Gasteiger partial charge on any atom is -0.484 e. The lowest BCUT2D eigenvalue weighted by Gasteiger charge is -2.20. The standard InChI is InChI=1S/C19H24N2O4S/c1-14-5-7-15(8-6-14)21-26(23,24)17-11-9-16(10-12-17)25-13-18(22)20-19(2,3)4/h5-12,21H,13H2,1-4H3,(H,20,22). The van der Waals surface area contributed by atoms with Crippen molar-refractivity contribution in [2.75, 3.05) is 11.3 Å². The summed E-state index contributed by atoms with van der Waals surface area (Å²) >= 11 is 0. The van der Waals surface area contributed by atoms with E-state index in [9.17, 15) is 13.2 Å². The Kier molecular flexibility index (Phi) is 5.92. The van der Waals surface area contributed by atoms with Gasteiger partial charge in [0, 0.05) is 11.2 Å². The second kappa shape index (κ2) is 7.78. The van der Waals surface area contributed by atoms with E-state index in [4.69, 9.17) is 4.74 Å². The van der Waals surface area contributed by atoms with Crippen molar-refractivity contribution in [1.29, 1.82) is 0 Å². The molecule has 0 aliphatic carbocycles. The van der Waals surface area contributed by atoms with Crippen LogP contribution in [0.3, 0.4) is 0 Å². The van der Waals surface area contributed by atoms with E-state index in [0.29, 0.717) is 11.4 Å². The fraction of sp³-hybridized carbons (Fsp3) is 0.316. The van der Waals surface area contributed by atoms with Gasteiger partial charge in [-0.1, -0.05) is 17.7 Å². The average molecular weight is 376 g/mol. The number of carbonyl (C=O) groups is 1. The summed E-state index contributed by atoms with van der Waals surface area (Å²) in [7, 11) is -3.68. The highest BCUT2D eigenvalue weighted by atomic mass is 32.2. The van der Waals surface area contributed by atoms with Crippen LogP contribution in [-0.2, 0) is 14.8 Å². The highest BCUT2D eigenvalue weighted by molar-refractivity contribution is 7.92. The predicted molar refractivity (Wildman–Crippen MR) is 102 cm³/mol. The highest BCUT2D eigenvalue weighted by Gasteiger charge is 2.16. The normalized spacial score (nSPS) is 11.7. The van der Waals surface area contributed by atoms with Crippen molar-refractivity contribution in [3.63, 3.8) is 0 Å². The van der Waals surface area contributed by atoms with Crippen LogP contribution in [0.1, 0.15) is 26.3 Å². The molecule has 6 nitrogen and oxygen atoms in total. The molecule has 2 rings (SSSR count). The van der Waals surface area contributed by atoms with Crippen molar-refractivity contribution in [2.45, 2.75) is 38.1 Å². The van der Waals surface area contributed by atoms with Crippen LogP contribution in [0.15, 0.2) is 53.4 Å². The lowest BCUT2D eigenvalue weighted by atomic mass is 10.1. The molecule has 26 heavy (non-hydrogen) atoms. The van der Waals surface area contributed by atoms with Crippen LogP contribution in [0, 0.1) is 6.92 Å². The minimum atomic E-state index is -3.68. The predicted octanol–water partition coefficient (Wildman–Crippen LogP) is 3.09. The van der Waals surface area contributed by atoms with Crippen molar-refractivity contribution >= 4 is 21.6 Å². The molecule has 0 heterocycles. The van der Waals surface area contributed by atoms with Gasteiger partial charge in [-0.2, -0.15) is 0 Å². The summed E-state index contributed by atoms with van der Waals surface area (Å²) in [4.78, 5) is 11.9. The molecule has 1 amide bonds. The smallest absolute Gasteiger partial charge is 0.261 e. The Labute approximate surface area is 154 Å². The molecule has 0 saturated heterocycles. The molecule has 0 spiro atoms. The van der Waals surface area contributed by atoms with Crippen LogP contribution >= 0.6 is 0 Å². The minimum absolute atomic E-state index is 0.115.